The number of carbonyl (C=O) groups excluding carboxylic acids is 2. The summed E-state index contributed by atoms with van der Waals surface area (Å²) in [6.07, 6.45) is 0.282. The predicted octanol–water partition coefficient (Wildman–Crippen LogP) is 1.02. The van der Waals surface area contributed by atoms with Gasteiger partial charge in [0, 0.05) is 5.56 Å². The van der Waals surface area contributed by atoms with Crippen molar-refractivity contribution in [3.8, 4) is 5.75 Å². The van der Waals surface area contributed by atoms with Gasteiger partial charge in [-0.3, -0.25) is 9.69 Å². The summed E-state index contributed by atoms with van der Waals surface area (Å²) in [5, 5.41) is 0. The third kappa shape index (κ3) is 5.23. The molecule has 132 valence electrons. The second kappa shape index (κ2) is 9.27. The first-order valence-corrected chi connectivity index (χ1v) is 8.65. The van der Waals surface area contributed by atoms with Crippen LogP contribution in [0.4, 0.5) is 4.79 Å². The second-order valence-electron chi connectivity index (χ2n) is 5.82. The minimum Gasteiger partial charge on any atom is -0.494 e. The van der Waals surface area contributed by atoms with Crippen LogP contribution >= 0.6 is 0 Å². The van der Waals surface area contributed by atoms with Crippen molar-refractivity contribution in [1.29, 1.82) is 0 Å². The summed E-state index contributed by atoms with van der Waals surface area (Å²) in [5.41, 5.74) is 0.725. The van der Waals surface area contributed by atoms with Gasteiger partial charge in [-0.25, -0.2) is 4.79 Å². The number of ether oxygens (including phenoxy) is 2. The molecule has 1 heterocycles. The normalized spacial score (nSPS) is 15.2. The average Bonchev–Trinajstić information content (AvgIpc) is 2.61. The van der Waals surface area contributed by atoms with Gasteiger partial charge in [-0.1, -0.05) is 0 Å². The van der Waals surface area contributed by atoms with Crippen LogP contribution in [0.1, 0.15) is 30.6 Å². The molecule has 0 atom stereocenters. The monoisotopic (exact) mass is 335 g/mol. The Kier molecular flexibility index (Phi) is 7.06. The first-order chi connectivity index (χ1) is 11.6. The zero-order valence-electron chi connectivity index (χ0n) is 14.5. The van der Waals surface area contributed by atoms with Crippen molar-refractivity contribution in [1.82, 2.24) is 4.90 Å². The molecule has 1 amide bonds. The van der Waals surface area contributed by atoms with E-state index in [4.69, 9.17) is 9.47 Å². The minimum absolute atomic E-state index is 0.151. The smallest absolute Gasteiger partial charge is 0.410 e. The van der Waals surface area contributed by atoms with Crippen molar-refractivity contribution < 1.29 is 24.0 Å². The molecule has 1 fully saturated rings. The van der Waals surface area contributed by atoms with E-state index in [1.54, 1.807) is 4.90 Å². The molecule has 0 bridgehead atoms. The van der Waals surface area contributed by atoms with E-state index in [0.29, 0.717) is 32.7 Å². The van der Waals surface area contributed by atoms with Gasteiger partial charge in [0.25, 0.3) is 0 Å². The first kappa shape index (κ1) is 18.3. The molecule has 24 heavy (non-hydrogen) atoms. The van der Waals surface area contributed by atoms with Crippen LogP contribution in [0.5, 0.6) is 5.75 Å². The number of hydrogen-bond donors (Lipinski definition) is 1. The van der Waals surface area contributed by atoms with Gasteiger partial charge in [0.2, 0.25) is 0 Å². The third-order valence-corrected chi connectivity index (χ3v) is 4.19. The van der Waals surface area contributed by atoms with Crippen LogP contribution in [0.25, 0.3) is 0 Å². The second-order valence-corrected chi connectivity index (χ2v) is 5.82. The molecular weight excluding hydrogens is 308 g/mol. The highest BCUT2D eigenvalue weighted by Gasteiger charge is 2.24. The van der Waals surface area contributed by atoms with Crippen LogP contribution < -0.4 is 9.64 Å². The van der Waals surface area contributed by atoms with Crippen LogP contribution in [0, 0.1) is 0 Å². The number of Topliss-reactive ketones (excluding diaryl/α,β-unsaturated/α-hetero) is 1. The Morgan fingerprint density at radius 3 is 2.33 bits per heavy atom. The maximum Gasteiger partial charge on any atom is 0.410 e. The number of rotatable bonds is 7. The number of piperazine rings is 1. The Morgan fingerprint density at radius 1 is 1.08 bits per heavy atom. The van der Waals surface area contributed by atoms with Crippen molar-refractivity contribution >= 4 is 11.9 Å². The molecule has 6 nitrogen and oxygen atoms in total. The number of ketones is 1. The van der Waals surface area contributed by atoms with Crippen LogP contribution in [0.3, 0.4) is 0 Å². The maximum atomic E-state index is 12.3. The van der Waals surface area contributed by atoms with E-state index in [-0.39, 0.29) is 11.9 Å². The molecule has 1 saturated heterocycles. The highest BCUT2D eigenvalue weighted by molar-refractivity contribution is 5.96. The van der Waals surface area contributed by atoms with Crippen molar-refractivity contribution in [2.75, 3.05) is 45.9 Å². The van der Waals surface area contributed by atoms with Gasteiger partial charge in [0.15, 0.2) is 5.78 Å². The molecule has 0 spiro atoms. The zero-order chi connectivity index (χ0) is 17.4. The van der Waals surface area contributed by atoms with E-state index < -0.39 is 0 Å². The summed E-state index contributed by atoms with van der Waals surface area (Å²) in [4.78, 5) is 27.0. The Morgan fingerprint density at radius 2 is 1.75 bits per heavy atom. The number of amides is 1. The SMILES string of the molecule is CCOC(=O)N1CC[NH+](CCC(=O)c2ccc(OCC)cc2)CC1. The molecule has 1 aromatic carbocycles. The van der Waals surface area contributed by atoms with Gasteiger partial charge in [-0.05, 0) is 38.1 Å². The molecule has 2 rings (SSSR count). The quantitative estimate of drug-likeness (QED) is 0.756. The van der Waals surface area contributed by atoms with Gasteiger partial charge in [-0.15, -0.1) is 0 Å². The van der Waals surface area contributed by atoms with Crippen molar-refractivity contribution in [3.05, 3.63) is 29.8 Å². The lowest BCUT2D eigenvalue weighted by Crippen LogP contribution is -3.14. The fraction of sp³-hybridized carbons (Fsp3) is 0.556. The summed E-state index contributed by atoms with van der Waals surface area (Å²) in [6.45, 7) is 8.65. The summed E-state index contributed by atoms with van der Waals surface area (Å²) in [6, 6.07) is 7.31. The first-order valence-electron chi connectivity index (χ1n) is 8.65. The van der Waals surface area contributed by atoms with Crippen LogP contribution in [-0.4, -0.2) is 62.7 Å². The van der Waals surface area contributed by atoms with Crippen molar-refractivity contribution in [2.45, 2.75) is 20.3 Å². The van der Waals surface area contributed by atoms with E-state index in [9.17, 15) is 9.59 Å². The van der Waals surface area contributed by atoms with E-state index in [0.717, 1.165) is 30.9 Å². The minimum atomic E-state index is -0.234. The Bertz CT molecular complexity index is 536. The van der Waals surface area contributed by atoms with Gasteiger partial charge >= 0.3 is 6.09 Å². The van der Waals surface area contributed by atoms with Crippen molar-refractivity contribution in [2.24, 2.45) is 0 Å². The van der Waals surface area contributed by atoms with E-state index in [1.807, 2.05) is 38.1 Å². The number of nitrogens with zero attached hydrogens (tertiary/aromatic N) is 1. The summed E-state index contributed by atoms with van der Waals surface area (Å²) < 4.78 is 10.4. The molecular formula is C18H27N2O4+. The highest BCUT2D eigenvalue weighted by atomic mass is 16.6. The summed E-state index contributed by atoms with van der Waals surface area (Å²) in [5.74, 6) is 0.938. The molecule has 0 aliphatic carbocycles. The number of hydrogen-bond acceptors (Lipinski definition) is 4. The average molecular weight is 335 g/mol. The van der Waals surface area contributed by atoms with Gasteiger partial charge < -0.3 is 14.4 Å². The van der Waals surface area contributed by atoms with E-state index >= 15 is 0 Å². The van der Waals surface area contributed by atoms with Crippen LogP contribution in [-0.2, 0) is 4.74 Å². The summed E-state index contributed by atoms with van der Waals surface area (Å²) >= 11 is 0. The molecule has 6 heteroatoms. The Labute approximate surface area is 143 Å². The lowest BCUT2D eigenvalue weighted by Gasteiger charge is -2.31. The summed E-state index contributed by atoms with van der Waals surface area (Å²) in [7, 11) is 0. The standard InChI is InChI=1S/C18H26N2O4/c1-3-23-16-7-5-15(6-8-16)17(21)9-10-19-11-13-20(14-12-19)18(22)24-4-2/h5-8H,3-4,9-14H2,1-2H3/p+1. The molecule has 1 aromatic rings. The van der Waals surface area contributed by atoms with E-state index in [2.05, 4.69) is 0 Å². The zero-order valence-corrected chi connectivity index (χ0v) is 14.5. The number of quaternary nitrogens is 1. The molecule has 0 radical (unpaired) electrons. The molecule has 1 N–H and O–H groups in total. The predicted molar refractivity (Wildman–Crippen MR) is 90.7 cm³/mol. The topological polar surface area (TPSA) is 60.3 Å². The largest absolute Gasteiger partial charge is 0.494 e. The lowest BCUT2D eigenvalue weighted by molar-refractivity contribution is -0.903. The van der Waals surface area contributed by atoms with E-state index in [1.165, 1.54) is 4.90 Å². The molecule has 1 aliphatic heterocycles. The number of nitrogens with one attached hydrogen (secondary N) is 1. The molecule has 1 aliphatic rings. The van der Waals surface area contributed by atoms with Crippen LogP contribution in [0.15, 0.2) is 24.3 Å². The van der Waals surface area contributed by atoms with Gasteiger partial charge in [0.1, 0.15) is 5.75 Å². The molecule has 0 aromatic heterocycles. The fourth-order valence-corrected chi connectivity index (χ4v) is 2.81. The molecule has 0 saturated carbocycles. The van der Waals surface area contributed by atoms with Crippen molar-refractivity contribution in [3.63, 3.8) is 0 Å². The van der Waals surface area contributed by atoms with Gasteiger partial charge in [0.05, 0.1) is 52.4 Å². The number of carbonyl (C=O) groups is 2. The van der Waals surface area contributed by atoms with Gasteiger partial charge in [-0.2, -0.15) is 0 Å². The molecule has 0 unspecified atom stereocenters. The highest BCUT2D eigenvalue weighted by Crippen LogP contribution is 2.13. The number of benzene rings is 1. The Hall–Kier alpha value is -2.08. The Balaban J connectivity index is 1.73. The lowest BCUT2D eigenvalue weighted by atomic mass is 10.1. The fourth-order valence-electron chi connectivity index (χ4n) is 2.81. The third-order valence-electron chi connectivity index (χ3n) is 4.19. The maximum absolute atomic E-state index is 12.3. The van der Waals surface area contributed by atoms with Crippen LogP contribution in [0.2, 0.25) is 0 Å².